The highest BCUT2D eigenvalue weighted by Crippen LogP contribution is 2.24. The second-order valence-corrected chi connectivity index (χ2v) is 4.91. The third kappa shape index (κ3) is 3.55. The van der Waals surface area contributed by atoms with Crippen LogP contribution in [0.15, 0.2) is 18.2 Å². The molecule has 0 amide bonds. The second-order valence-electron chi connectivity index (χ2n) is 4.04. The van der Waals surface area contributed by atoms with Gasteiger partial charge in [-0.1, -0.05) is 23.2 Å². The van der Waals surface area contributed by atoms with Crippen molar-refractivity contribution >= 4 is 23.2 Å². The monoisotopic (exact) mass is 259 g/mol. The van der Waals surface area contributed by atoms with Gasteiger partial charge in [0.25, 0.3) is 0 Å². The summed E-state index contributed by atoms with van der Waals surface area (Å²) in [5.74, 6) is 0.746. The zero-order chi connectivity index (χ0) is 11.4. The summed E-state index contributed by atoms with van der Waals surface area (Å²) in [6.45, 7) is 1.84. The van der Waals surface area contributed by atoms with Crippen LogP contribution in [0.3, 0.4) is 0 Å². The molecule has 0 saturated carbocycles. The Morgan fingerprint density at radius 2 is 2.00 bits per heavy atom. The lowest BCUT2D eigenvalue weighted by Gasteiger charge is -2.11. The summed E-state index contributed by atoms with van der Waals surface area (Å²) >= 11 is 11.8. The van der Waals surface area contributed by atoms with Crippen molar-refractivity contribution in [3.05, 3.63) is 28.2 Å². The minimum absolute atomic E-state index is 0.606. The minimum atomic E-state index is 0.606. The normalized spacial score (nSPS) is 20.0. The van der Waals surface area contributed by atoms with E-state index in [0.717, 1.165) is 18.7 Å². The van der Waals surface area contributed by atoms with Crippen molar-refractivity contribution in [2.75, 3.05) is 13.2 Å². The molecule has 0 radical (unpaired) electrons. The molecule has 1 fully saturated rings. The van der Waals surface area contributed by atoms with E-state index in [1.165, 1.54) is 12.8 Å². The van der Waals surface area contributed by atoms with Crippen molar-refractivity contribution in [2.24, 2.45) is 0 Å². The molecule has 1 aromatic rings. The molecular weight excluding hydrogens is 245 g/mol. The fraction of sp³-hybridized carbons (Fsp3) is 0.500. The molecule has 1 atom stereocenters. The predicted molar refractivity (Wildman–Crippen MR) is 67.6 cm³/mol. The van der Waals surface area contributed by atoms with E-state index in [9.17, 15) is 0 Å². The van der Waals surface area contributed by atoms with Gasteiger partial charge in [-0.05, 0) is 44.0 Å². The van der Waals surface area contributed by atoms with Crippen LogP contribution in [0.25, 0.3) is 0 Å². The largest absolute Gasteiger partial charge is 0.493 e. The minimum Gasteiger partial charge on any atom is -0.493 e. The summed E-state index contributed by atoms with van der Waals surface area (Å²) in [4.78, 5) is 0. The van der Waals surface area contributed by atoms with Crippen LogP contribution in [0.5, 0.6) is 5.75 Å². The standard InChI is InChI=1S/C12H15Cl2NO/c13-9-6-10(14)8-12(7-9)16-5-3-11-2-1-4-15-11/h6-8,11,15H,1-5H2. The first kappa shape index (κ1) is 12.0. The van der Waals surface area contributed by atoms with Gasteiger partial charge in [0.2, 0.25) is 0 Å². The van der Waals surface area contributed by atoms with Crippen LogP contribution in [0, 0.1) is 0 Å². The molecule has 0 bridgehead atoms. The van der Waals surface area contributed by atoms with Crippen LogP contribution in [0.2, 0.25) is 10.0 Å². The van der Waals surface area contributed by atoms with Gasteiger partial charge in [0.05, 0.1) is 6.61 Å². The van der Waals surface area contributed by atoms with Gasteiger partial charge in [0.15, 0.2) is 0 Å². The summed E-state index contributed by atoms with van der Waals surface area (Å²) in [7, 11) is 0. The Morgan fingerprint density at radius 1 is 1.25 bits per heavy atom. The molecule has 2 nitrogen and oxygen atoms in total. The molecule has 0 aliphatic carbocycles. The molecule has 0 spiro atoms. The lowest BCUT2D eigenvalue weighted by atomic mass is 10.2. The molecule has 1 aliphatic heterocycles. The third-order valence-electron chi connectivity index (χ3n) is 2.73. The first-order valence-electron chi connectivity index (χ1n) is 5.56. The maximum Gasteiger partial charge on any atom is 0.122 e. The van der Waals surface area contributed by atoms with Crippen molar-refractivity contribution in [1.82, 2.24) is 5.32 Å². The number of hydrogen-bond donors (Lipinski definition) is 1. The number of hydrogen-bond acceptors (Lipinski definition) is 2. The van der Waals surface area contributed by atoms with Gasteiger partial charge in [-0.3, -0.25) is 0 Å². The highest BCUT2D eigenvalue weighted by Gasteiger charge is 2.13. The zero-order valence-electron chi connectivity index (χ0n) is 9.01. The van der Waals surface area contributed by atoms with Crippen LogP contribution < -0.4 is 10.1 Å². The molecule has 1 N–H and O–H groups in total. The second kappa shape index (κ2) is 5.76. The van der Waals surface area contributed by atoms with Gasteiger partial charge in [0, 0.05) is 16.1 Å². The molecule has 0 aromatic heterocycles. The van der Waals surface area contributed by atoms with Crippen molar-refractivity contribution in [1.29, 1.82) is 0 Å². The number of nitrogens with one attached hydrogen (secondary N) is 1. The molecule has 1 heterocycles. The Bertz CT molecular complexity index is 331. The molecule has 4 heteroatoms. The van der Waals surface area contributed by atoms with Crippen LogP contribution in [0.1, 0.15) is 19.3 Å². The van der Waals surface area contributed by atoms with Gasteiger partial charge < -0.3 is 10.1 Å². The van der Waals surface area contributed by atoms with Gasteiger partial charge in [-0.2, -0.15) is 0 Å². The third-order valence-corrected chi connectivity index (χ3v) is 3.17. The Balaban J connectivity index is 1.80. The number of benzene rings is 1. The van der Waals surface area contributed by atoms with Crippen LogP contribution in [0.4, 0.5) is 0 Å². The van der Waals surface area contributed by atoms with Crippen molar-refractivity contribution in [3.8, 4) is 5.75 Å². The van der Waals surface area contributed by atoms with Gasteiger partial charge in [-0.25, -0.2) is 0 Å². The SMILES string of the molecule is Clc1cc(Cl)cc(OCCC2CCCN2)c1. The van der Waals surface area contributed by atoms with Crippen molar-refractivity contribution in [3.63, 3.8) is 0 Å². The summed E-state index contributed by atoms with van der Waals surface area (Å²) in [5, 5.41) is 4.66. The lowest BCUT2D eigenvalue weighted by molar-refractivity contribution is 0.292. The Kier molecular flexibility index (Phi) is 4.33. The first-order chi connectivity index (χ1) is 7.74. The highest BCUT2D eigenvalue weighted by molar-refractivity contribution is 6.34. The molecule has 2 rings (SSSR count). The van der Waals surface area contributed by atoms with E-state index in [1.807, 2.05) is 0 Å². The molecule has 1 unspecified atom stereocenters. The van der Waals surface area contributed by atoms with Gasteiger partial charge in [0.1, 0.15) is 5.75 Å². The average Bonchev–Trinajstić information content (AvgIpc) is 2.69. The van der Waals surface area contributed by atoms with Crippen molar-refractivity contribution in [2.45, 2.75) is 25.3 Å². The lowest BCUT2D eigenvalue weighted by Crippen LogP contribution is -2.23. The summed E-state index contributed by atoms with van der Waals surface area (Å²) in [5.41, 5.74) is 0. The Labute approximate surface area is 106 Å². The van der Waals surface area contributed by atoms with Gasteiger partial charge >= 0.3 is 0 Å². The average molecular weight is 260 g/mol. The predicted octanol–water partition coefficient (Wildman–Crippen LogP) is 3.51. The maximum atomic E-state index is 5.88. The molecule has 1 aliphatic rings. The van der Waals surface area contributed by atoms with E-state index >= 15 is 0 Å². The fourth-order valence-electron chi connectivity index (χ4n) is 1.93. The topological polar surface area (TPSA) is 21.3 Å². The molecule has 16 heavy (non-hydrogen) atoms. The quantitative estimate of drug-likeness (QED) is 0.894. The van der Waals surface area contributed by atoms with E-state index in [0.29, 0.717) is 22.7 Å². The van der Waals surface area contributed by atoms with Crippen LogP contribution >= 0.6 is 23.2 Å². The number of halogens is 2. The fourth-order valence-corrected chi connectivity index (χ4v) is 2.44. The summed E-state index contributed by atoms with van der Waals surface area (Å²) in [6, 6.07) is 5.88. The Hall–Kier alpha value is -0.440. The first-order valence-corrected chi connectivity index (χ1v) is 6.32. The molecule has 1 aromatic carbocycles. The van der Waals surface area contributed by atoms with E-state index in [2.05, 4.69) is 5.32 Å². The van der Waals surface area contributed by atoms with Crippen LogP contribution in [-0.4, -0.2) is 19.2 Å². The van der Waals surface area contributed by atoms with Crippen LogP contribution in [-0.2, 0) is 0 Å². The van der Waals surface area contributed by atoms with Crippen molar-refractivity contribution < 1.29 is 4.74 Å². The zero-order valence-corrected chi connectivity index (χ0v) is 10.5. The van der Waals surface area contributed by atoms with E-state index < -0.39 is 0 Å². The maximum absolute atomic E-state index is 5.88. The Morgan fingerprint density at radius 3 is 2.62 bits per heavy atom. The highest BCUT2D eigenvalue weighted by atomic mass is 35.5. The van der Waals surface area contributed by atoms with E-state index in [1.54, 1.807) is 18.2 Å². The number of rotatable bonds is 4. The molecule has 1 saturated heterocycles. The number of ether oxygens (including phenoxy) is 1. The smallest absolute Gasteiger partial charge is 0.122 e. The summed E-state index contributed by atoms with van der Waals surface area (Å²) < 4.78 is 5.62. The van der Waals surface area contributed by atoms with E-state index in [-0.39, 0.29) is 0 Å². The summed E-state index contributed by atoms with van der Waals surface area (Å²) in [6.07, 6.45) is 3.55. The van der Waals surface area contributed by atoms with E-state index in [4.69, 9.17) is 27.9 Å². The molecular formula is C12H15Cl2NO. The molecule has 88 valence electrons. The van der Waals surface area contributed by atoms with Gasteiger partial charge in [-0.15, -0.1) is 0 Å².